The molecule has 1 aliphatic heterocycles. The molecule has 1 aromatic carbocycles. The van der Waals surface area contributed by atoms with E-state index in [1.54, 1.807) is 12.1 Å². The van der Waals surface area contributed by atoms with Crippen molar-refractivity contribution in [3.05, 3.63) is 29.8 Å². The number of benzene rings is 1. The first-order chi connectivity index (χ1) is 12.7. The minimum absolute atomic E-state index is 0. The fourth-order valence-electron chi connectivity index (χ4n) is 4.14. The molecule has 2 heterocycles. The Morgan fingerprint density at radius 3 is 2.81 bits per heavy atom. The second-order valence-electron chi connectivity index (χ2n) is 7.75. The summed E-state index contributed by atoms with van der Waals surface area (Å²) in [5, 5.41) is 18.0. The van der Waals surface area contributed by atoms with Crippen LogP contribution in [-0.2, 0) is 4.79 Å². The summed E-state index contributed by atoms with van der Waals surface area (Å²) in [7, 11) is 0. The molecule has 2 aromatic rings. The molecule has 1 aromatic heterocycles. The number of anilines is 1. The van der Waals surface area contributed by atoms with E-state index < -0.39 is 5.82 Å². The lowest BCUT2D eigenvalue weighted by Crippen LogP contribution is -2.31. The zero-order valence-electron chi connectivity index (χ0n) is 14.8. The van der Waals surface area contributed by atoms with E-state index in [0.29, 0.717) is 17.4 Å². The van der Waals surface area contributed by atoms with Crippen LogP contribution < -0.4 is 10.6 Å². The van der Waals surface area contributed by atoms with Gasteiger partial charge in [-0.05, 0) is 79.2 Å². The molecule has 1 atom stereocenters. The molecule has 1 amide bonds. The molecule has 0 bridgehead atoms. The van der Waals surface area contributed by atoms with E-state index in [4.69, 9.17) is 0 Å². The maximum atomic E-state index is 14.4. The SMILES string of the molecule is Cl.O=C(Nc1ccc(F)c(-n2nnnc2C2CC2)c1)C1CC12CCNCC2. The lowest BCUT2D eigenvalue weighted by molar-refractivity contribution is -0.118. The van der Waals surface area contributed by atoms with Crippen LogP contribution in [0, 0.1) is 17.2 Å². The number of nitrogens with zero attached hydrogens (tertiary/aromatic N) is 4. The summed E-state index contributed by atoms with van der Waals surface area (Å²) >= 11 is 0. The van der Waals surface area contributed by atoms with Crippen molar-refractivity contribution >= 4 is 24.0 Å². The fraction of sp³-hybridized carbons (Fsp3) is 0.556. The zero-order chi connectivity index (χ0) is 17.7. The Bertz CT molecular complexity index is 861. The highest BCUT2D eigenvalue weighted by atomic mass is 35.5. The number of amides is 1. The summed E-state index contributed by atoms with van der Waals surface area (Å²) in [6.07, 6.45) is 5.10. The van der Waals surface area contributed by atoms with Crippen LogP contribution in [0.1, 0.15) is 43.8 Å². The van der Waals surface area contributed by atoms with Gasteiger partial charge in [0.05, 0.1) is 0 Å². The molecular weight excluding hydrogens is 371 g/mol. The third-order valence-corrected chi connectivity index (χ3v) is 5.98. The Labute approximate surface area is 162 Å². The van der Waals surface area contributed by atoms with Crippen LogP contribution in [0.15, 0.2) is 18.2 Å². The zero-order valence-corrected chi connectivity index (χ0v) is 15.6. The number of nitrogens with one attached hydrogen (secondary N) is 2. The van der Waals surface area contributed by atoms with Crippen LogP contribution in [0.25, 0.3) is 5.69 Å². The van der Waals surface area contributed by atoms with Crippen LogP contribution in [-0.4, -0.2) is 39.2 Å². The molecular formula is C18H22ClFN6O. The third kappa shape index (κ3) is 3.32. The summed E-state index contributed by atoms with van der Waals surface area (Å²) in [4.78, 5) is 12.6. The van der Waals surface area contributed by atoms with Crippen molar-refractivity contribution in [3.8, 4) is 5.69 Å². The molecule has 27 heavy (non-hydrogen) atoms. The first kappa shape index (κ1) is 18.3. The first-order valence-corrected chi connectivity index (χ1v) is 9.26. The van der Waals surface area contributed by atoms with Crippen LogP contribution in [0.2, 0.25) is 0 Å². The summed E-state index contributed by atoms with van der Waals surface area (Å²) in [6.45, 7) is 1.96. The minimum atomic E-state index is -0.404. The summed E-state index contributed by atoms with van der Waals surface area (Å²) in [5.41, 5.74) is 1.04. The highest BCUT2D eigenvalue weighted by molar-refractivity contribution is 5.95. The second kappa shape index (κ2) is 6.83. The molecule has 2 aliphatic carbocycles. The molecule has 3 aliphatic rings. The Kier molecular flexibility index (Phi) is 4.63. The van der Waals surface area contributed by atoms with E-state index in [1.165, 1.54) is 10.7 Å². The molecule has 1 saturated heterocycles. The van der Waals surface area contributed by atoms with Crippen LogP contribution in [0.5, 0.6) is 0 Å². The van der Waals surface area contributed by atoms with Crippen LogP contribution in [0.4, 0.5) is 10.1 Å². The number of hydrogen-bond acceptors (Lipinski definition) is 5. The number of carbonyl (C=O) groups excluding carboxylic acids is 1. The van der Waals surface area contributed by atoms with Gasteiger partial charge in [0.1, 0.15) is 11.5 Å². The Hall–Kier alpha value is -2.06. The van der Waals surface area contributed by atoms with Gasteiger partial charge in [-0.3, -0.25) is 4.79 Å². The van der Waals surface area contributed by atoms with Crippen molar-refractivity contribution in [1.82, 2.24) is 25.5 Å². The normalized spacial score (nSPS) is 22.9. The van der Waals surface area contributed by atoms with E-state index in [0.717, 1.165) is 45.2 Å². The highest BCUT2D eigenvalue weighted by Gasteiger charge is 2.57. The number of rotatable bonds is 4. The lowest BCUT2D eigenvalue weighted by Gasteiger charge is -2.23. The number of piperidine rings is 1. The lowest BCUT2D eigenvalue weighted by atomic mass is 9.92. The predicted molar refractivity (Wildman–Crippen MR) is 99.6 cm³/mol. The largest absolute Gasteiger partial charge is 0.326 e. The number of carbonyl (C=O) groups is 1. The molecule has 1 spiro atoms. The number of aromatic nitrogens is 4. The summed E-state index contributed by atoms with van der Waals surface area (Å²) < 4.78 is 15.8. The van der Waals surface area contributed by atoms with Crippen LogP contribution in [0.3, 0.4) is 0 Å². The van der Waals surface area contributed by atoms with Gasteiger partial charge in [-0.2, -0.15) is 4.68 Å². The van der Waals surface area contributed by atoms with E-state index in [-0.39, 0.29) is 35.3 Å². The second-order valence-corrected chi connectivity index (χ2v) is 7.75. The van der Waals surface area contributed by atoms with E-state index in [9.17, 15) is 9.18 Å². The highest BCUT2D eigenvalue weighted by Crippen LogP contribution is 2.58. The van der Waals surface area contributed by atoms with Crippen molar-refractivity contribution < 1.29 is 9.18 Å². The molecule has 2 saturated carbocycles. The molecule has 9 heteroatoms. The van der Waals surface area contributed by atoms with Gasteiger partial charge in [0.2, 0.25) is 5.91 Å². The van der Waals surface area contributed by atoms with E-state index in [1.807, 2.05) is 0 Å². The van der Waals surface area contributed by atoms with Gasteiger partial charge in [0, 0.05) is 17.5 Å². The number of hydrogen-bond donors (Lipinski definition) is 2. The number of halogens is 2. The van der Waals surface area contributed by atoms with Crippen molar-refractivity contribution in [2.24, 2.45) is 11.3 Å². The van der Waals surface area contributed by atoms with Crippen molar-refractivity contribution in [2.75, 3.05) is 18.4 Å². The number of tetrazole rings is 1. The molecule has 1 unspecified atom stereocenters. The quantitative estimate of drug-likeness (QED) is 0.834. The van der Waals surface area contributed by atoms with E-state index >= 15 is 0 Å². The molecule has 5 rings (SSSR count). The predicted octanol–water partition coefficient (Wildman–Crippen LogP) is 2.43. The van der Waals surface area contributed by atoms with Crippen molar-refractivity contribution in [2.45, 2.75) is 38.0 Å². The van der Waals surface area contributed by atoms with Gasteiger partial charge in [0.25, 0.3) is 0 Å². The van der Waals surface area contributed by atoms with Crippen LogP contribution >= 0.6 is 12.4 Å². The third-order valence-electron chi connectivity index (χ3n) is 5.98. The summed E-state index contributed by atoms with van der Waals surface area (Å²) in [5.74, 6) is 0.673. The maximum Gasteiger partial charge on any atom is 0.228 e. The average Bonchev–Trinajstić information content (AvgIpc) is 3.56. The van der Waals surface area contributed by atoms with E-state index in [2.05, 4.69) is 26.2 Å². The van der Waals surface area contributed by atoms with Gasteiger partial charge >= 0.3 is 0 Å². The first-order valence-electron chi connectivity index (χ1n) is 9.26. The minimum Gasteiger partial charge on any atom is -0.326 e. The topological polar surface area (TPSA) is 84.7 Å². The van der Waals surface area contributed by atoms with Crippen molar-refractivity contribution in [3.63, 3.8) is 0 Å². The molecule has 2 N–H and O–H groups in total. The average molecular weight is 393 g/mol. The standard InChI is InChI=1S/C18H21FN6O.ClH/c19-14-4-3-12(9-15(14)25-16(11-1-2-11)22-23-24-25)21-17(26)13-10-18(13)5-7-20-8-6-18;/h3-4,9,11,13,20H,1-2,5-8,10H2,(H,21,26);1H. The molecule has 0 radical (unpaired) electrons. The molecule has 3 fully saturated rings. The Morgan fingerprint density at radius 1 is 1.30 bits per heavy atom. The van der Waals surface area contributed by atoms with Crippen molar-refractivity contribution in [1.29, 1.82) is 0 Å². The summed E-state index contributed by atoms with van der Waals surface area (Å²) in [6, 6.07) is 4.57. The fourth-order valence-corrected chi connectivity index (χ4v) is 4.14. The molecule has 144 valence electrons. The Balaban J connectivity index is 0.00000180. The Morgan fingerprint density at radius 2 is 2.07 bits per heavy atom. The van der Waals surface area contributed by atoms with Gasteiger partial charge in [0.15, 0.2) is 5.82 Å². The monoisotopic (exact) mass is 392 g/mol. The van der Waals surface area contributed by atoms with Gasteiger partial charge in [-0.15, -0.1) is 17.5 Å². The van der Waals surface area contributed by atoms with Gasteiger partial charge < -0.3 is 10.6 Å². The van der Waals surface area contributed by atoms with Gasteiger partial charge in [-0.25, -0.2) is 4.39 Å². The maximum absolute atomic E-state index is 14.4. The van der Waals surface area contributed by atoms with Gasteiger partial charge in [-0.1, -0.05) is 0 Å². The smallest absolute Gasteiger partial charge is 0.228 e. The molecule has 7 nitrogen and oxygen atoms in total.